The second-order valence-electron chi connectivity index (χ2n) is 0.105. The highest BCUT2D eigenvalue weighted by Crippen LogP contribution is 0.966. The molecule has 0 fully saturated rings. The Morgan fingerprint density at radius 3 is 1.33 bits per heavy atom. The molecule has 0 saturated heterocycles. The quantitative estimate of drug-likeness (QED) is 0.203. The normalized spacial score (nSPS) is 3.00. The van der Waals surface area contributed by atoms with E-state index in [-0.39, 0.29) is 11.9 Å². The molecule has 0 amide bonds. The number of hydrogen-bond acceptors (Lipinski definition) is 3. The van der Waals surface area contributed by atoms with Gasteiger partial charge in [-0.15, -0.1) is 0 Å². The minimum Gasteiger partial charge on any atom is -0.483 e. The van der Waals surface area contributed by atoms with Gasteiger partial charge in [0.25, 0.3) is 6.47 Å². The van der Waals surface area contributed by atoms with Crippen molar-refractivity contribution in [2.24, 2.45) is 0 Å². The van der Waals surface area contributed by atoms with Crippen molar-refractivity contribution in [3.05, 3.63) is 0 Å². The van der Waals surface area contributed by atoms with Crippen molar-refractivity contribution in [2.75, 3.05) is 0 Å². The van der Waals surface area contributed by atoms with E-state index >= 15 is 0 Å². The average Bonchev–Trinajstić information content (AvgIpc) is 1.46. The molecule has 5 nitrogen and oxygen atoms in total. The van der Waals surface area contributed by atoms with Gasteiger partial charge in [-0.25, -0.2) is 0 Å². The Morgan fingerprint density at radius 1 is 1.33 bits per heavy atom. The van der Waals surface area contributed by atoms with Gasteiger partial charge in [0.05, 0.1) is 0 Å². The molecule has 5 heteroatoms. The van der Waals surface area contributed by atoms with Gasteiger partial charge in [-0.2, -0.15) is 0 Å². The molecule has 0 aliphatic carbocycles. The first-order valence-corrected chi connectivity index (χ1v) is 0.694. The lowest BCUT2D eigenvalue weighted by molar-refractivity contribution is -0.176. The summed E-state index contributed by atoms with van der Waals surface area (Å²) < 4.78 is 0. The van der Waals surface area contributed by atoms with Crippen molar-refractivity contribution in [2.45, 2.75) is 0 Å². The van der Waals surface area contributed by atoms with Crippen LogP contribution in [0.25, 0.3) is 0 Å². The molecule has 0 aromatic carbocycles. The summed E-state index contributed by atoms with van der Waals surface area (Å²) in [5.41, 5.74) is 0. The highest BCUT2D eigenvalue weighted by atomic mass is 17.0. The summed E-state index contributed by atoms with van der Waals surface area (Å²) in [6.07, 6.45) is 0. The Balaban J connectivity index is -0.0000000275. The van der Waals surface area contributed by atoms with E-state index in [9.17, 15) is 0 Å². The van der Waals surface area contributed by atoms with Gasteiger partial charge in [-0.3, -0.25) is 15.3 Å². The molecule has 0 atom stereocenters. The second-order valence-corrected chi connectivity index (χ2v) is 0.105. The van der Waals surface area contributed by atoms with E-state index in [0.717, 1.165) is 0 Å². The highest BCUT2D eigenvalue weighted by molar-refractivity contribution is 5.32. The Hall–Kier alpha value is -0.650. The summed E-state index contributed by atoms with van der Waals surface area (Å²) in [7, 11) is 0. The number of carbonyl (C=O) groups is 1. The molecule has 0 aromatic heterocycles. The van der Waals surface area contributed by atoms with Gasteiger partial charge >= 0.3 is 0 Å². The van der Waals surface area contributed by atoms with E-state index in [4.69, 9.17) is 20.4 Å². The van der Waals surface area contributed by atoms with Gasteiger partial charge in [-0.1, -0.05) is 0 Å². The lowest BCUT2D eigenvalue weighted by Gasteiger charge is -1.34. The first-order chi connectivity index (χ1) is 2.41. The summed E-state index contributed by atoms with van der Waals surface area (Å²) in [4.78, 5) is 8.36. The molecule has 40 valence electrons. The van der Waals surface area contributed by atoms with Gasteiger partial charge in [0, 0.05) is 0 Å². The van der Waals surface area contributed by atoms with Crippen LogP contribution in [0, 0.1) is 0 Å². The standard InChI is InChI=1S/CH2O2.H2O2.H2O/c2-1-3;1-2;/h1H,(H,2,3);1-2H;1H2. The SMILES string of the molecule is O.O=CO.OO. The molecule has 0 heterocycles. The Morgan fingerprint density at radius 2 is 1.33 bits per heavy atom. The van der Waals surface area contributed by atoms with Gasteiger partial charge in [0.1, 0.15) is 0 Å². The van der Waals surface area contributed by atoms with Crippen LogP contribution in [-0.4, -0.2) is 27.6 Å². The summed E-state index contributed by atoms with van der Waals surface area (Å²) >= 11 is 0. The summed E-state index contributed by atoms with van der Waals surface area (Å²) in [5, 5.41) is 18.9. The third-order valence-electron chi connectivity index (χ3n) is 0. The van der Waals surface area contributed by atoms with Crippen molar-refractivity contribution in [3.63, 3.8) is 0 Å². The second kappa shape index (κ2) is 399. The molecular formula is CH6O5. The molecule has 0 aliphatic heterocycles. The Bertz CT molecular complexity index is 11.4. The maximum atomic E-state index is 8.36. The monoisotopic (exact) mass is 98.0 g/mol. The molecule has 0 aromatic rings. The fourth-order valence-electron chi connectivity index (χ4n) is 0. The van der Waals surface area contributed by atoms with Crippen LogP contribution in [0.1, 0.15) is 0 Å². The minimum atomic E-state index is -0.250. The van der Waals surface area contributed by atoms with Crippen LogP contribution in [0.2, 0.25) is 0 Å². The van der Waals surface area contributed by atoms with Crippen LogP contribution >= 0.6 is 0 Å². The third-order valence-corrected chi connectivity index (χ3v) is 0. The molecule has 0 spiro atoms. The highest BCUT2D eigenvalue weighted by Gasteiger charge is 1.22. The maximum absolute atomic E-state index is 8.36. The molecule has 5 N–H and O–H groups in total. The van der Waals surface area contributed by atoms with Gasteiger partial charge in [0.15, 0.2) is 0 Å². The minimum absolute atomic E-state index is 0. The number of hydrogen-bond donors (Lipinski definition) is 3. The van der Waals surface area contributed by atoms with E-state index in [1.165, 1.54) is 0 Å². The summed E-state index contributed by atoms with van der Waals surface area (Å²) in [6.45, 7) is -0.250. The van der Waals surface area contributed by atoms with Gasteiger partial charge in [-0.05, 0) is 0 Å². The smallest absolute Gasteiger partial charge is 0.290 e. The van der Waals surface area contributed by atoms with Gasteiger partial charge in [0.2, 0.25) is 0 Å². The lowest BCUT2D eigenvalue weighted by atomic mass is 11.7. The largest absolute Gasteiger partial charge is 0.483 e. The number of rotatable bonds is 0. The van der Waals surface area contributed by atoms with Crippen molar-refractivity contribution >= 4 is 6.47 Å². The van der Waals surface area contributed by atoms with Crippen LogP contribution in [-0.2, 0) is 4.79 Å². The summed E-state index contributed by atoms with van der Waals surface area (Å²) in [5.74, 6) is 0. The zero-order valence-electron chi connectivity index (χ0n) is 2.83. The van der Waals surface area contributed by atoms with Crippen LogP contribution in [0.3, 0.4) is 0 Å². The van der Waals surface area contributed by atoms with Gasteiger partial charge < -0.3 is 10.6 Å². The fraction of sp³-hybridized carbons (Fsp3) is 0. The molecule has 0 unspecified atom stereocenters. The molecular weight excluding hydrogens is 92.0 g/mol. The van der Waals surface area contributed by atoms with Crippen molar-refractivity contribution in [3.8, 4) is 0 Å². The predicted molar refractivity (Wildman–Crippen MR) is 17.6 cm³/mol. The van der Waals surface area contributed by atoms with Crippen LogP contribution in [0.5, 0.6) is 0 Å². The Labute approximate surface area is 33.7 Å². The van der Waals surface area contributed by atoms with E-state index in [0.29, 0.717) is 0 Å². The topological polar surface area (TPSA) is 109 Å². The third kappa shape index (κ3) is 43.8. The predicted octanol–water partition coefficient (Wildman–Crippen LogP) is -1.11. The molecule has 0 saturated carbocycles. The lowest BCUT2D eigenvalue weighted by Crippen LogP contribution is -1.49. The Kier molecular flexibility index (Phi) is 1220. The zero-order chi connectivity index (χ0) is 4.71. The van der Waals surface area contributed by atoms with E-state index < -0.39 is 0 Å². The fourth-order valence-corrected chi connectivity index (χ4v) is 0. The van der Waals surface area contributed by atoms with Crippen molar-refractivity contribution in [1.82, 2.24) is 0 Å². The molecule has 0 rings (SSSR count). The zero-order valence-corrected chi connectivity index (χ0v) is 2.83. The maximum Gasteiger partial charge on any atom is 0.290 e. The first kappa shape index (κ1) is 18.3. The molecule has 0 bridgehead atoms. The van der Waals surface area contributed by atoms with Crippen LogP contribution in [0.15, 0.2) is 0 Å². The molecule has 0 aliphatic rings. The molecule has 6 heavy (non-hydrogen) atoms. The average molecular weight is 98.1 g/mol. The van der Waals surface area contributed by atoms with Crippen LogP contribution < -0.4 is 0 Å². The molecule has 0 radical (unpaired) electrons. The first-order valence-electron chi connectivity index (χ1n) is 0.694. The van der Waals surface area contributed by atoms with Crippen molar-refractivity contribution < 1.29 is 25.9 Å². The van der Waals surface area contributed by atoms with E-state index in [1.54, 1.807) is 0 Å². The summed E-state index contributed by atoms with van der Waals surface area (Å²) in [6, 6.07) is 0. The van der Waals surface area contributed by atoms with E-state index in [2.05, 4.69) is 0 Å². The van der Waals surface area contributed by atoms with Crippen LogP contribution in [0.4, 0.5) is 0 Å². The number of carboxylic acid groups (broad SMARTS) is 1. The van der Waals surface area contributed by atoms with E-state index in [1.807, 2.05) is 0 Å². The van der Waals surface area contributed by atoms with Crippen molar-refractivity contribution in [1.29, 1.82) is 0 Å².